The largest absolute Gasteiger partial charge is 0.481 e. The average Bonchev–Trinajstić information content (AvgIpc) is 2.62. The lowest BCUT2D eigenvalue weighted by Crippen LogP contribution is -2.04. The lowest BCUT2D eigenvalue weighted by atomic mass is 10.0. The average molecular weight is 383 g/mol. The van der Waals surface area contributed by atoms with Gasteiger partial charge in [0, 0.05) is 12.0 Å². The second kappa shape index (κ2) is 17.8. The Balaban J connectivity index is 3.45. The van der Waals surface area contributed by atoms with Crippen molar-refractivity contribution in [3.63, 3.8) is 0 Å². The smallest absolute Gasteiger partial charge is 0.331 e. The molecule has 0 aromatic carbocycles. The van der Waals surface area contributed by atoms with Crippen molar-refractivity contribution in [1.29, 1.82) is 0 Å². The number of rotatable bonds is 18. The number of allylic oxidation sites excluding steroid dienone is 2. The molecular weight excluding hydrogens is 344 g/mol. The van der Waals surface area contributed by atoms with Crippen LogP contribution in [0.25, 0.3) is 0 Å². The summed E-state index contributed by atoms with van der Waals surface area (Å²) in [7, 11) is 0. The maximum absolute atomic E-state index is 10.9. The molecule has 0 rings (SSSR count). The van der Waals surface area contributed by atoms with Gasteiger partial charge in [0.15, 0.2) is 0 Å². The van der Waals surface area contributed by atoms with E-state index >= 15 is 0 Å². The van der Waals surface area contributed by atoms with Crippen molar-refractivity contribution in [3.05, 3.63) is 23.8 Å². The Labute approximate surface area is 164 Å². The van der Waals surface area contributed by atoms with Gasteiger partial charge in [-0.25, -0.2) is 4.79 Å². The summed E-state index contributed by atoms with van der Waals surface area (Å²) in [5.74, 6) is -1.53. The van der Waals surface area contributed by atoms with Gasteiger partial charge in [0.2, 0.25) is 0 Å². The first-order valence-corrected chi connectivity index (χ1v) is 10.4. The highest BCUT2D eigenvalue weighted by atomic mass is 16.4. The Morgan fingerprint density at radius 2 is 1.41 bits per heavy atom. The monoisotopic (exact) mass is 382 g/mol. The van der Waals surface area contributed by atoms with E-state index in [1.54, 1.807) is 13.0 Å². The maximum atomic E-state index is 10.9. The van der Waals surface area contributed by atoms with Crippen molar-refractivity contribution in [2.24, 2.45) is 0 Å². The van der Waals surface area contributed by atoms with Gasteiger partial charge in [0.1, 0.15) is 0 Å². The standard InChI is InChI=1S/C22H38O5/c1-2-19(22(26)27)15-11-9-10-13-17-20(23)16-12-7-5-3-4-6-8-14-18-21(24)25/h2,7,12,20,23H,3-6,8-11,13-18H2,1H3,(H,24,25)(H,26,27)/t20-/m0/s1. The van der Waals surface area contributed by atoms with Crippen LogP contribution in [-0.2, 0) is 9.59 Å². The summed E-state index contributed by atoms with van der Waals surface area (Å²) in [6.07, 6.45) is 17.9. The molecule has 0 amide bonds. The molecule has 5 heteroatoms. The summed E-state index contributed by atoms with van der Waals surface area (Å²) in [5, 5.41) is 27.4. The van der Waals surface area contributed by atoms with Crippen molar-refractivity contribution in [2.75, 3.05) is 0 Å². The fourth-order valence-electron chi connectivity index (χ4n) is 2.98. The molecule has 0 heterocycles. The Bertz CT molecular complexity index is 454. The Hall–Kier alpha value is -1.62. The van der Waals surface area contributed by atoms with E-state index < -0.39 is 11.9 Å². The first kappa shape index (κ1) is 25.4. The van der Waals surface area contributed by atoms with E-state index in [1.807, 2.05) is 0 Å². The minimum absolute atomic E-state index is 0.275. The number of carboxylic acids is 2. The van der Waals surface area contributed by atoms with Gasteiger partial charge in [0.05, 0.1) is 6.10 Å². The van der Waals surface area contributed by atoms with Gasteiger partial charge in [-0.15, -0.1) is 0 Å². The zero-order chi connectivity index (χ0) is 20.3. The minimum Gasteiger partial charge on any atom is -0.481 e. The number of aliphatic carboxylic acids is 2. The molecule has 0 fully saturated rings. The second-order valence-corrected chi connectivity index (χ2v) is 7.13. The van der Waals surface area contributed by atoms with Crippen molar-refractivity contribution < 1.29 is 24.9 Å². The number of hydrogen-bond acceptors (Lipinski definition) is 3. The molecule has 5 nitrogen and oxygen atoms in total. The number of hydrogen-bond donors (Lipinski definition) is 3. The van der Waals surface area contributed by atoms with Crippen LogP contribution in [0.2, 0.25) is 0 Å². The van der Waals surface area contributed by atoms with Crippen LogP contribution >= 0.6 is 0 Å². The van der Waals surface area contributed by atoms with Crippen LogP contribution in [0.3, 0.4) is 0 Å². The lowest BCUT2D eigenvalue weighted by molar-refractivity contribution is -0.137. The third-order valence-corrected chi connectivity index (χ3v) is 4.69. The number of unbranched alkanes of at least 4 members (excludes halogenated alkanes) is 8. The van der Waals surface area contributed by atoms with Crippen molar-refractivity contribution in [3.8, 4) is 0 Å². The fourth-order valence-corrected chi connectivity index (χ4v) is 2.98. The molecule has 0 unspecified atom stereocenters. The molecule has 0 aliphatic carbocycles. The Morgan fingerprint density at radius 3 is 2.04 bits per heavy atom. The van der Waals surface area contributed by atoms with Crippen LogP contribution in [0.1, 0.15) is 96.8 Å². The predicted octanol–water partition coefficient (Wildman–Crippen LogP) is 5.48. The van der Waals surface area contributed by atoms with E-state index in [4.69, 9.17) is 10.2 Å². The summed E-state index contributed by atoms with van der Waals surface area (Å²) in [6.45, 7) is 1.76. The number of carbonyl (C=O) groups is 2. The third kappa shape index (κ3) is 17.5. The van der Waals surface area contributed by atoms with Crippen LogP contribution in [-0.4, -0.2) is 33.4 Å². The normalized spacial score (nSPS) is 13.2. The van der Waals surface area contributed by atoms with Crippen LogP contribution < -0.4 is 0 Å². The molecule has 0 aromatic heterocycles. The molecule has 0 saturated heterocycles. The van der Waals surface area contributed by atoms with E-state index in [2.05, 4.69) is 12.2 Å². The van der Waals surface area contributed by atoms with E-state index in [0.717, 1.165) is 70.6 Å². The molecule has 3 N–H and O–H groups in total. The van der Waals surface area contributed by atoms with Crippen molar-refractivity contribution in [2.45, 2.75) is 103 Å². The summed E-state index contributed by atoms with van der Waals surface area (Å²) >= 11 is 0. The minimum atomic E-state index is -0.821. The van der Waals surface area contributed by atoms with Crippen LogP contribution in [0.5, 0.6) is 0 Å². The molecule has 0 bridgehead atoms. The Kier molecular flexibility index (Phi) is 16.7. The first-order valence-electron chi connectivity index (χ1n) is 10.4. The van der Waals surface area contributed by atoms with Gasteiger partial charge >= 0.3 is 11.9 Å². The first-order chi connectivity index (χ1) is 13.0. The predicted molar refractivity (Wildman–Crippen MR) is 109 cm³/mol. The van der Waals surface area contributed by atoms with E-state index in [0.29, 0.717) is 18.4 Å². The topological polar surface area (TPSA) is 94.8 Å². The highest BCUT2D eigenvalue weighted by Gasteiger charge is 2.05. The second-order valence-electron chi connectivity index (χ2n) is 7.13. The van der Waals surface area contributed by atoms with Crippen molar-refractivity contribution >= 4 is 11.9 Å². The molecule has 0 aliphatic rings. The van der Waals surface area contributed by atoms with Gasteiger partial charge in [-0.1, -0.05) is 56.8 Å². The molecule has 0 aliphatic heterocycles. The molecule has 0 saturated carbocycles. The van der Waals surface area contributed by atoms with E-state index in [-0.39, 0.29) is 12.5 Å². The van der Waals surface area contributed by atoms with Gasteiger partial charge in [0.25, 0.3) is 0 Å². The Morgan fingerprint density at radius 1 is 0.815 bits per heavy atom. The summed E-state index contributed by atoms with van der Waals surface area (Å²) in [5.41, 5.74) is 0.487. The zero-order valence-corrected chi connectivity index (χ0v) is 16.9. The van der Waals surface area contributed by atoms with Crippen molar-refractivity contribution in [1.82, 2.24) is 0 Å². The molecular formula is C22H38O5. The molecule has 0 spiro atoms. The molecule has 0 aromatic rings. The van der Waals surface area contributed by atoms with Crippen LogP contribution in [0.15, 0.2) is 23.8 Å². The highest BCUT2D eigenvalue weighted by molar-refractivity contribution is 5.86. The fraction of sp³-hybridized carbons (Fsp3) is 0.727. The van der Waals surface area contributed by atoms with Gasteiger partial charge < -0.3 is 15.3 Å². The zero-order valence-electron chi connectivity index (χ0n) is 16.9. The number of carboxylic acid groups (broad SMARTS) is 2. The van der Waals surface area contributed by atoms with Crippen LogP contribution in [0.4, 0.5) is 0 Å². The van der Waals surface area contributed by atoms with E-state index in [9.17, 15) is 14.7 Å². The van der Waals surface area contributed by atoms with E-state index in [1.165, 1.54) is 0 Å². The molecule has 156 valence electrons. The summed E-state index contributed by atoms with van der Waals surface area (Å²) in [6, 6.07) is 0. The number of aliphatic hydroxyl groups excluding tert-OH is 1. The third-order valence-electron chi connectivity index (χ3n) is 4.69. The lowest BCUT2D eigenvalue weighted by Gasteiger charge is -2.08. The maximum Gasteiger partial charge on any atom is 0.331 e. The molecule has 27 heavy (non-hydrogen) atoms. The van der Waals surface area contributed by atoms with Crippen LogP contribution in [0, 0.1) is 0 Å². The quantitative estimate of drug-likeness (QED) is 0.166. The van der Waals surface area contributed by atoms with Gasteiger partial charge in [-0.05, 0) is 51.9 Å². The van der Waals surface area contributed by atoms with Gasteiger partial charge in [-0.3, -0.25) is 4.79 Å². The van der Waals surface area contributed by atoms with Gasteiger partial charge in [-0.2, -0.15) is 0 Å². The summed E-state index contributed by atoms with van der Waals surface area (Å²) in [4.78, 5) is 21.2. The molecule has 1 atom stereocenters. The summed E-state index contributed by atoms with van der Waals surface area (Å²) < 4.78 is 0. The molecule has 0 radical (unpaired) electrons. The highest BCUT2D eigenvalue weighted by Crippen LogP contribution is 2.13. The SMILES string of the molecule is CC=C(CCCCCC[C@@H](O)CC=CCCCCCCCC(=O)O)C(=O)O. The number of aliphatic hydroxyl groups is 1.